The summed E-state index contributed by atoms with van der Waals surface area (Å²) in [5, 5.41) is 16.0. The Kier molecular flexibility index (Phi) is 4.30. The Labute approximate surface area is 111 Å². The van der Waals surface area contributed by atoms with Crippen molar-refractivity contribution in [2.75, 3.05) is 6.54 Å². The van der Waals surface area contributed by atoms with Crippen molar-refractivity contribution in [2.24, 2.45) is 0 Å². The van der Waals surface area contributed by atoms with Crippen LogP contribution in [-0.2, 0) is 11.2 Å². The lowest BCUT2D eigenvalue weighted by molar-refractivity contribution is -0.120. The average Bonchev–Trinajstić information content (AvgIpc) is 2.86. The lowest BCUT2D eigenvalue weighted by atomic mass is 10.2. The second-order valence-corrected chi connectivity index (χ2v) is 4.46. The summed E-state index contributed by atoms with van der Waals surface area (Å²) in [4.78, 5) is 11.6. The number of benzene rings is 1. The van der Waals surface area contributed by atoms with Crippen LogP contribution in [0.5, 0.6) is 0 Å². The number of carbonyl (C=O) groups excluding carboxylic acids is 1. The molecular formula is C14H17N3O2. The molecule has 0 aliphatic heterocycles. The van der Waals surface area contributed by atoms with Gasteiger partial charge >= 0.3 is 0 Å². The van der Waals surface area contributed by atoms with Crippen LogP contribution >= 0.6 is 0 Å². The van der Waals surface area contributed by atoms with E-state index in [1.165, 1.54) is 0 Å². The summed E-state index contributed by atoms with van der Waals surface area (Å²) >= 11 is 0. The van der Waals surface area contributed by atoms with Crippen LogP contribution in [-0.4, -0.2) is 33.4 Å². The molecular weight excluding hydrogens is 242 g/mol. The maximum Gasteiger partial charge on any atom is 0.224 e. The minimum absolute atomic E-state index is 0.117. The molecule has 2 rings (SSSR count). The van der Waals surface area contributed by atoms with Gasteiger partial charge in [0.1, 0.15) is 0 Å². The van der Waals surface area contributed by atoms with Crippen molar-refractivity contribution in [1.29, 1.82) is 0 Å². The van der Waals surface area contributed by atoms with Crippen molar-refractivity contribution in [1.82, 2.24) is 15.1 Å². The third-order valence-corrected chi connectivity index (χ3v) is 2.62. The number of aromatic nitrogens is 2. The Bertz CT molecular complexity index is 535. The fourth-order valence-electron chi connectivity index (χ4n) is 1.68. The zero-order chi connectivity index (χ0) is 13.7. The van der Waals surface area contributed by atoms with Gasteiger partial charge in [-0.15, -0.1) is 0 Å². The molecule has 5 nitrogen and oxygen atoms in total. The van der Waals surface area contributed by atoms with Crippen LogP contribution in [0.25, 0.3) is 5.69 Å². The Morgan fingerprint density at radius 3 is 2.84 bits per heavy atom. The molecule has 0 saturated heterocycles. The molecule has 0 bridgehead atoms. The molecule has 1 amide bonds. The fraction of sp³-hybridized carbons (Fsp3) is 0.286. The standard InChI is InChI=1S/C14H17N3O2/c1-11(18)8-15-14(19)7-12-9-16-17(10-12)13-5-3-2-4-6-13/h2-6,9-11,18H,7-8H2,1H3,(H,15,19). The summed E-state index contributed by atoms with van der Waals surface area (Å²) < 4.78 is 1.73. The molecule has 0 spiro atoms. The first-order valence-corrected chi connectivity index (χ1v) is 6.19. The maximum absolute atomic E-state index is 11.6. The minimum Gasteiger partial charge on any atom is -0.392 e. The molecule has 5 heteroatoms. The van der Waals surface area contributed by atoms with Crippen LogP contribution in [0.3, 0.4) is 0 Å². The van der Waals surface area contributed by atoms with Crippen molar-refractivity contribution < 1.29 is 9.90 Å². The van der Waals surface area contributed by atoms with Gasteiger partial charge in [-0.2, -0.15) is 5.10 Å². The van der Waals surface area contributed by atoms with E-state index >= 15 is 0 Å². The summed E-state index contributed by atoms with van der Waals surface area (Å²) in [5.74, 6) is -0.117. The van der Waals surface area contributed by atoms with E-state index in [-0.39, 0.29) is 18.9 Å². The van der Waals surface area contributed by atoms with Gasteiger partial charge in [-0.25, -0.2) is 4.68 Å². The van der Waals surface area contributed by atoms with Gasteiger partial charge in [0, 0.05) is 12.7 Å². The molecule has 1 heterocycles. The lowest BCUT2D eigenvalue weighted by Gasteiger charge is -2.05. The second kappa shape index (κ2) is 6.15. The van der Waals surface area contributed by atoms with Crippen molar-refractivity contribution in [3.8, 4) is 5.69 Å². The van der Waals surface area contributed by atoms with Crippen molar-refractivity contribution in [3.05, 3.63) is 48.3 Å². The third kappa shape index (κ3) is 3.93. The Morgan fingerprint density at radius 1 is 1.42 bits per heavy atom. The first-order valence-electron chi connectivity index (χ1n) is 6.19. The largest absolute Gasteiger partial charge is 0.392 e. The lowest BCUT2D eigenvalue weighted by Crippen LogP contribution is -2.31. The molecule has 0 aliphatic rings. The van der Waals surface area contributed by atoms with Gasteiger partial charge in [-0.3, -0.25) is 4.79 Å². The van der Waals surface area contributed by atoms with Crippen LogP contribution in [0.15, 0.2) is 42.7 Å². The monoisotopic (exact) mass is 259 g/mol. The third-order valence-electron chi connectivity index (χ3n) is 2.62. The van der Waals surface area contributed by atoms with Gasteiger partial charge in [-0.05, 0) is 24.6 Å². The summed E-state index contributed by atoms with van der Waals surface area (Å²) in [6, 6.07) is 9.71. The normalized spacial score (nSPS) is 12.1. The molecule has 2 N–H and O–H groups in total. The quantitative estimate of drug-likeness (QED) is 0.838. The summed E-state index contributed by atoms with van der Waals surface area (Å²) in [6.45, 7) is 1.90. The Balaban J connectivity index is 1.96. The van der Waals surface area contributed by atoms with Crippen LogP contribution in [0.2, 0.25) is 0 Å². The summed E-state index contributed by atoms with van der Waals surface area (Å²) in [7, 11) is 0. The van der Waals surface area contributed by atoms with Crippen LogP contribution in [0, 0.1) is 0 Å². The zero-order valence-electron chi connectivity index (χ0n) is 10.8. The molecule has 0 fully saturated rings. The number of rotatable bonds is 5. The number of hydrogen-bond acceptors (Lipinski definition) is 3. The number of para-hydroxylation sites is 1. The molecule has 100 valence electrons. The topological polar surface area (TPSA) is 67.2 Å². The zero-order valence-corrected chi connectivity index (χ0v) is 10.8. The van der Waals surface area contributed by atoms with Crippen LogP contribution in [0.4, 0.5) is 0 Å². The SMILES string of the molecule is CC(O)CNC(=O)Cc1cnn(-c2ccccc2)c1. The van der Waals surface area contributed by atoms with E-state index in [2.05, 4.69) is 10.4 Å². The van der Waals surface area contributed by atoms with E-state index in [0.29, 0.717) is 0 Å². The van der Waals surface area contributed by atoms with Gasteiger partial charge in [-0.1, -0.05) is 18.2 Å². The molecule has 1 aromatic heterocycles. The summed E-state index contributed by atoms with van der Waals surface area (Å²) in [5.41, 5.74) is 1.80. The van der Waals surface area contributed by atoms with Crippen molar-refractivity contribution >= 4 is 5.91 Å². The first-order chi connectivity index (χ1) is 9.15. The number of nitrogens with one attached hydrogen (secondary N) is 1. The average molecular weight is 259 g/mol. The van der Waals surface area contributed by atoms with Gasteiger partial charge in [0.05, 0.1) is 24.4 Å². The fourth-order valence-corrected chi connectivity index (χ4v) is 1.68. The molecule has 0 saturated carbocycles. The predicted molar refractivity (Wildman–Crippen MR) is 72.0 cm³/mol. The summed E-state index contributed by atoms with van der Waals surface area (Å²) in [6.07, 6.45) is 3.24. The van der Waals surface area contributed by atoms with Gasteiger partial charge in [0.2, 0.25) is 5.91 Å². The van der Waals surface area contributed by atoms with E-state index in [1.54, 1.807) is 17.8 Å². The number of aliphatic hydroxyl groups excluding tert-OH is 1. The molecule has 2 aromatic rings. The van der Waals surface area contributed by atoms with E-state index in [4.69, 9.17) is 5.11 Å². The van der Waals surface area contributed by atoms with E-state index in [9.17, 15) is 4.79 Å². The maximum atomic E-state index is 11.6. The number of carbonyl (C=O) groups is 1. The predicted octanol–water partition coefficient (Wildman–Crippen LogP) is 0.912. The first kappa shape index (κ1) is 13.3. The molecule has 1 unspecified atom stereocenters. The van der Waals surface area contributed by atoms with E-state index in [0.717, 1.165) is 11.3 Å². The number of amides is 1. The molecule has 0 radical (unpaired) electrons. The molecule has 1 atom stereocenters. The second-order valence-electron chi connectivity index (χ2n) is 4.46. The van der Waals surface area contributed by atoms with E-state index < -0.39 is 6.10 Å². The minimum atomic E-state index is -0.531. The van der Waals surface area contributed by atoms with Gasteiger partial charge in [0.25, 0.3) is 0 Å². The highest BCUT2D eigenvalue weighted by Crippen LogP contribution is 2.07. The van der Waals surface area contributed by atoms with Crippen molar-refractivity contribution in [3.63, 3.8) is 0 Å². The van der Waals surface area contributed by atoms with E-state index in [1.807, 2.05) is 36.5 Å². The number of nitrogens with zero attached hydrogens (tertiary/aromatic N) is 2. The Morgan fingerprint density at radius 2 is 2.16 bits per heavy atom. The smallest absolute Gasteiger partial charge is 0.224 e. The molecule has 1 aromatic carbocycles. The highest BCUT2D eigenvalue weighted by atomic mass is 16.3. The van der Waals surface area contributed by atoms with Gasteiger partial charge in [0.15, 0.2) is 0 Å². The molecule has 19 heavy (non-hydrogen) atoms. The highest BCUT2D eigenvalue weighted by molar-refractivity contribution is 5.78. The van der Waals surface area contributed by atoms with Crippen LogP contribution in [0.1, 0.15) is 12.5 Å². The highest BCUT2D eigenvalue weighted by Gasteiger charge is 2.07. The van der Waals surface area contributed by atoms with Crippen molar-refractivity contribution in [2.45, 2.75) is 19.4 Å². The number of aliphatic hydroxyl groups is 1. The number of hydrogen-bond donors (Lipinski definition) is 2. The van der Waals surface area contributed by atoms with Gasteiger partial charge < -0.3 is 10.4 Å². The van der Waals surface area contributed by atoms with Crippen LogP contribution < -0.4 is 5.32 Å². The molecule has 0 aliphatic carbocycles. The Hall–Kier alpha value is -2.14.